The first-order valence-corrected chi connectivity index (χ1v) is 13.5. The molecule has 6 heteroatoms. The summed E-state index contributed by atoms with van der Waals surface area (Å²) in [5, 5.41) is 20.7. The van der Waals surface area contributed by atoms with Crippen molar-refractivity contribution < 1.29 is 24.5 Å². The van der Waals surface area contributed by atoms with Gasteiger partial charge in [0.2, 0.25) is 0 Å². The van der Waals surface area contributed by atoms with Crippen LogP contribution >= 0.6 is 0 Å². The smallest absolute Gasteiger partial charge is 0.307 e. The van der Waals surface area contributed by atoms with Gasteiger partial charge in [0.05, 0.1) is 12.2 Å². The summed E-state index contributed by atoms with van der Waals surface area (Å²) in [7, 11) is 0. The lowest BCUT2D eigenvalue weighted by Gasteiger charge is -2.25. The molecule has 1 saturated carbocycles. The number of hydrogen-bond donors (Lipinski definition) is 2. The zero-order valence-corrected chi connectivity index (χ0v) is 22.0. The first kappa shape index (κ1) is 30.5. The molecule has 0 saturated heterocycles. The number of allylic oxidation sites excluding steroid dienone is 3. The lowest BCUT2D eigenvalue weighted by molar-refractivity contribution is -0.157. The molecule has 0 spiro atoms. The van der Waals surface area contributed by atoms with E-state index in [4.69, 9.17) is 4.74 Å². The molecular weight excluding hydrogens is 430 g/mol. The number of aliphatic hydroxyl groups is 2. The SMILES string of the molecule is CCCCCCCC(=O)/C=C/[C@H]1C(O)CC(O)[C@@H]1C/C=C/CCCC(=O)OC(C)N(CC)CC. The lowest BCUT2D eigenvalue weighted by Crippen LogP contribution is -2.36. The van der Waals surface area contributed by atoms with E-state index in [9.17, 15) is 19.8 Å². The molecule has 34 heavy (non-hydrogen) atoms. The van der Waals surface area contributed by atoms with E-state index in [1.54, 1.807) is 12.2 Å². The molecule has 0 aromatic carbocycles. The Balaban J connectivity index is 2.38. The van der Waals surface area contributed by atoms with Crippen LogP contribution in [0.2, 0.25) is 0 Å². The number of aliphatic hydroxyl groups excluding tert-OH is 2. The fraction of sp³-hybridized carbons (Fsp3) is 0.786. The van der Waals surface area contributed by atoms with Gasteiger partial charge in [-0.15, -0.1) is 0 Å². The first-order chi connectivity index (χ1) is 16.3. The van der Waals surface area contributed by atoms with Gasteiger partial charge in [0.15, 0.2) is 12.0 Å². The van der Waals surface area contributed by atoms with Crippen LogP contribution in [0.25, 0.3) is 0 Å². The summed E-state index contributed by atoms with van der Waals surface area (Å²) < 4.78 is 5.48. The van der Waals surface area contributed by atoms with E-state index in [0.29, 0.717) is 32.1 Å². The molecule has 1 aliphatic rings. The zero-order chi connectivity index (χ0) is 25.3. The minimum absolute atomic E-state index is 0.0975. The van der Waals surface area contributed by atoms with Gasteiger partial charge in [-0.05, 0) is 57.7 Å². The van der Waals surface area contributed by atoms with Gasteiger partial charge in [0, 0.05) is 25.2 Å². The van der Waals surface area contributed by atoms with Crippen LogP contribution in [0.3, 0.4) is 0 Å². The molecule has 196 valence electrons. The highest BCUT2D eigenvalue weighted by Gasteiger charge is 2.39. The van der Waals surface area contributed by atoms with Crippen molar-refractivity contribution in [2.24, 2.45) is 11.8 Å². The maximum Gasteiger partial charge on any atom is 0.307 e. The Hall–Kier alpha value is -1.50. The second-order valence-electron chi connectivity index (χ2n) is 9.51. The van der Waals surface area contributed by atoms with E-state index in [2.05, 4.69) is 11.8 Å². The Morgan fingerprint density at radius 2 is 1.68 bits per heavy atom. The highest BCUT2D eigenvalue weighted by Crippen LogP contribution is 2.36. The third-order valence-electron chi connectivity index (χ3n) is 6.90. The van der Waals surface area contributed by atoms with Crippen LogP contribution in [-0.4, -0.2) is 58.4 Å². The van der Waals surface area contributed by atoms with E-state index < -0.39 is 12.2 Å². The molecule has 1 rings (SSSR count). The Labute approximate surface area is 207 Å². The van der Waals surface area contributed by atoms with Crippen molar-refractivity contribution in [1.29, 1.82) is 0 Å². The number of ketones is 1. The summed E-state index contributed by atoms with van der Waals surface area (Å²) in [6.45, 7) is 9.86. The van der Waals surface area contributed by atoms with Gasteiger partial charge in [0.1, 0.15) is 0 Å². The monoisotopic (exact) mass is 479 g/mol. The number of carbonyl (C=O) groups excluding carboxylic acids is 2. The Kier molecular flexibility index (Phi) is 16.0. The van der Waals surface area contributed by atoms with Crippen LogP contribution in [0.5, 0.6) is 0 Å². The maximum atomic E-state index is 12.2. The summed E-state index contributed by atoms with van der Waals surface area (Å²) in [6, 6.07) is 0. The molecule has 1 aliphatic carbocycles. The van der Waals surface area contributed by atoms with Crippen LogP contribution in [0.1, 0.15) is 98.3 Å². The standard InChI is InChI=1S/C28H49NO5/c1-5-8-9-10-13-16-23(30)19-20-25-24(26(31)21-27(25)32)17-14-11-12-15-18-28(33)34-22(4)29(6-2)7-3/h11,14,19-20,22,24-27,31-32H,5-10,12-13,15-18,21H2,1-4H3/b14-11+,20-19+/t22?,24-,25-,26?,27?/m1/s1. The number of ether oxygens (including phenoxy) is 1. The summed E-state index contributed by atoms with van der Waals surface area (Å²) in [6.07, 6.45) is 15.0. The van der Waals surface area contributed by atoms with Crippen molar-refractivity contribution in [3.8, 4) is 0 Å². The zero-order valence-electron chi connectivity index (χ0n) is 22.0. The third kappa shape index (κ3) is 11.8. The molecule has 0 aliphatic heterocycles. The largest absolute Gasteiger partial charge is 0.447 e. The minimum Gasteiger partial charge on any atom is -0.447 e. The van der Waals surface area contributed by atoms with Crippen LogP contribution in [0.4, 0.5) is 0 Å². The van der Waals surface area contributed by atoms with Crippen molar-refractivity contribution in [3.63, 3.8) is 0 Å². The Bertz CT molecular complexity index is 628. The molecule has 0 radical (unpaired) electrons. The van der Waals surface area contributed by atoms with Crippen LogP contribution < -0.4 is 0 Å². The molecule has 0 amide bonds. The van der Waals surface area contributed by atoms with Gasteiger partial charge in [-0.2, -0.15) is 0 Å². The lowest BCUT2D eigenvalue weighted by atomic mass is 9.89. The number of rotatable bonds is 18. The maximum absolute atomic E-state index is 12.2. The quantitative estimate of drug-likeness (QED) is 0.0926. The molecular formula is C28H49NO5. The van der Waals surface area contributed by atoms with E-state index in [1.165, 1.54) is 19.3 Å². The number of unbranched alkanes of at least 4 members (excludes halogenated alkanes) is 5. The average molecular weight is 480 g/mol. The molecule has 3 unspecified atom stereocenters. The second kappa shape index (κ2) is 17.9. The molecule has 1 fully saturated rings. The van der Waals surface area contributed by atoms with Crippen LogP contribution in [0, 0.1) is 11.8 Å². The van der Waals surface area contributed by atoms with Gasteiger partial charge >= 0.3 is 5.97 Å². The predicted octanol–water partition coefficient (Wildman–Crippen LogP) is 5.18. The van der Waals surface area contributed by atoms with Crippen molar-refractivity contribution in [1.82, 2.24) is 4.90 Å². The molecule has 6 nitrogen and oxygen atoms in total. The molecule has 0 heterocycles. The molecule has 0 aromatic heterocycles. The summed E-state index contributed by atoms with van der Waals surface area (Å²) >= 11 is 0. The second-order valence-corrected chi connectivity index (χ2v) is 9.51. The van der Waals surface area contributed by atoms with Crippen LogP contribution in [-0.2, 0) is 14.3 Å². The van der Waals surface area contributed by atoms with Gasteiger partial charge in [-0.1, -0.05) is 64.7 Å². The summed E-state index contributed by atoms with van der Waals surface area (Å²) in [5.74, 6) is -0.385. The van der Waals surface area contributed by atoms with Gasteiger partial charge in [-0.25, -0.2) is 0 Å². The Morgan fingerprint density at radius 3 is 2.35 bits per heavy atom. The van der Waals surface area contributed by atoms with Crippen molar-refractivity contribution in [3.05, 3.63) is 24.3 Å². The van der Waals surface area contributed by atoms with E-state index >= 15 is 0 Å². The van der Waals surface area contributed by atoms with Crippen LogP contribution in [0.15, 0.2) is 24.3 Å². The molecule has 5 atom stereocenters. The number of esters is 1. The van der Waals surface area contributed by atoms with Crippen molar-refractivity contribution >= 4 is 11.8 Å². The average Bonchev–Trinajstić information content (AvgIpc) is 3.07. The summed E-state index contributed by atoms with van der Waals surface area (Å²) in [4.78, 5) is 26.3. The summed E-state index contributed by atoms with van der Waals surface area (Å²) in [5.41, 5.74) is 0. The van der Waals surface area contributed by atoms with Gasteiger partial charge in [0.25, 0.3) is 0 Å². The number of hydrogen-bond acceptors (Lipinski definition) is 6. The third-order valence-corrected chi connectivity index (χ3v) is 6.90. The van der Waals surface area contributed by atoms with E-state index in [-0.39, 0.29) is 29.8 Å². The fourth-order valence-electron chi connectivity index (χ4n) is 4.71. The predicted molar refractivity (Wildman–Crippen MR) is 137 cm³/mol. The normalized spacial score (nSPS) is 23.9. The number of nitrogens with zero attached hydrogens (tertiary/aromatic N) is 1. The van der Waals surface area contributed by atoms with Gasteiger partial charge in [-0.3, -0.25) is 14.5 Å². The molecule has 0 aromatic rings. The van der Waals surface area contributed by atoms with E-state index in [0.717, 1.165) is 32.4 Å². The highest BCUT2D eigenvalue weighted by atomic mass is 16.6. The molecule has 2 N–H and O–H groups in total. The van der Waals surface area contributed by atoms with Crippen molar-refractivity contribution in [2.75, 3.05) is 13.1 Å². The topological polar surface area (TPSA) is 87.1 Å². The molecule has 0 bridgehead atoms. The highest BCUT2D eigenvalue weighted by molar-refractivity contribution is 5.89. The fourth-order valence-corrected chi connectivity index (χ4v) is 4.71. The number of carbonyl (C=O) groups is 2. The van der Waals surface area contributed by atoms with Crippen molar-refractivity contribution in [2.45, 2.75) is 117 Å². The van der Waals surface area contributed by atoms with Gasteiger partial charge < -0.3 is 14.9 Å². The first-order valence-electron chi connectivity index (χ1n) is 13.5. The minimum atomic E-state index is -0.621. The Morgan fingerprint density at radius 1 is 0.971 bits per heavy atom. The van der Waals surface area contributed by atoms with E-state index in [1.807, 2.05) is 32.9 Å².